The Morgan fingerprint density at radius 3 is 2.60 bits per heavy atom. The normalized spacial score (nSPS) is 14.1. The van der Waals surface area contributed by atoms with Gasteiger partial charge in [0.15, 0.2) is 0 Å². The summed E-state index contributed by atoms with van der Waals surface area (Å²) in [5, 5.41) is 3.12. The van der Waals surface area contributed by atoms with E-state index < -0.39 is 31.4 Å². The Bertz CT molecular complexity index is 1360. The summed E-state index contributed by atoms with van der Waals surface area (Å²) >= 11 is 1.19. The van der Waals surface area contributed by atoms with Crippen LogP contribution in [0.15, 0.2) is 61.2 Å². The van der Waals surface area contributed by atoms with Crippen molar-refractivity contribution in [3.8, 4) is 11.5 Å². The first-order valence-corrected chi connectivity index (χ1v) is 15.1. The van der Waals surface area contributed by atoms with Crippen LogP contribution in [0.5, 0.6) is 11.5 Å². The standard InChI is InChI=1S/C28H33FNO8PS/c1-5-12-36-27(31)19(3)30-39(33,38-23-9-7-8-22(18-23)35-15-14-34-4)26(29)20-10-11-24-21(16-20)17-25(40-24)28(32)37-13-6-2/h6-11,16-19,26H,2,5,12-15H2,1,3-4H3,(H,30,33)/t19-,26?,39?/m0/s1. The SMILES string of the molecule is C=CCOC(=O)c1cc2cc(C(F)P(=O)(N[C@@H](C)C(=O)OCCC)Oc3cccc(OCCOC)c3)ccc2s1. The topological polar surface area (TPSA) is 109 Å². The molecule has 0 aliphatic carbocycles. The van der Waals surface area contributed by atoms with E-state index in [1.165, 1.54) is 48.6 Å². The Hall–Kier alpha value is -3.24. The van der Waals surface area contributed by atoms with Crippen LogP contribution >= 0.6 is 18.9 Å². The zero-order valence-corrected chi connectivity index (χ0v) is 24.3. The summed E-state index contributed by atoms with van der Waals surface area (Å²) < 4.78 is 57.6. The highest BCUT2D eigenvalue weighted by Gasteiger charge is 2.41. The molecule has 0 aliphatic heterocycles. The monoisotopic (exact) mass is 593 g/mol. The molecule has 0 spiro atoms. The zero-order valence-electron chi connectivity index (χ0n) is 22.6. The molecule has 1 heterocycles. The van der Waals surface area contributed by atoms with Crippen LogP contribution in [0, 0.1) is 0 Å². The number of carbonyl (C=O) groups excluding carboxylic acids is 2. The summed E-state index contributed by atoms with van der Waals surface area (Å²) in [6.45, 7) is 7.64. The number of rotatable bonds is 16. The average Bonchev–Trinajstić information content (AvgIpc) is 3.38. The van der Waals surface area contributed by atoms with Crippen LogP contribution in [0.2, 0.25) is 0 Å². The molecule has 40 heavy (non-hydrogen) atoms. The molecule has 2 aromatic carbocycles. The smallest absolute Gasteiger partial charge is 0.355 e. The van der Waals surface area contributed by atoms with E-state index in [1.54, 1.807) is 31.4 Å². The second-order valence-corrected chi connectivity index (χ2v) is 11.8. The van der Waals surface area contributed by atoms with Crippen LogP contribution in [-0.2, 0) is 23.6 Å². The molecule has 2 unspecified atom stereocenters. The number of esters is 2. The Morgan fingerprint density at radius 1 is 1.10 bits per heavy atom. The predicted octanol–water partition coefficient (Wildman–Crippen LogP) is 6.44. The van der Waals surface area contributed by atoms with Crippen LogP contribution in [-0.4, -0.2) is 51.5 Å². The number of alkyl halides is 1. The van der Waals surface area contributed by atoms with Gasteiger partial charge in [-0.1, -0.05) is 31.7 Å². The van der Waals surface area contributed by atoms with Crippen molar-refractivity contribution < 1.29 is 42.0 Å². The van der Waals surface area contributed by atoms with Crippen molar-refractivity contribution in [1.82, 2.24) is 5.09 Å². The van der Waals surface area contributed by atoms with E-state index in [1.807, 2.05) is 6.92 Å². The summed E-state index contributed by atoms with van der Waals surface area (Å²) in [6, 6.07) is 11.3. The number of fused-ring (bicyclic) bond motifs is 1. The number of nitrogens with one attached hydrogen (secondary N) is 1. The number of benzene rings is 2. The third kappa shape index (κ3) is 8.38. The van der Waals surface area contributed by atoms with Crippen LogP contribution in [0.3, 0.4) is 0 Å². The van der Waals surface area contributed by atoms with E-state index in [9.17, 15) is 14.2 Å². The number of halogens is 1. The maximum absolute atomic E-state index is 16.2. The van der Waals surface area contributed by atoms with E-state index >= 15 is 4.39 Å². The molecule has 0 saturated heterocycles. The van der Waals surface area contributed by atoms with Crippen molar-refractivity contribution in [2.75, 3.05) is 33.5 Å². The maximum atomic E-state index is 16.2. The number of ether oxygens (including phenoxy) is 4. The molecule has 0 fully saturated rings. The van der Waals surface area contributed by atoms with Crippen LogP contribution < -0.4 is 14.3 Å². The highest BCUT2D eigenvalue weighted by Crippen LogP contribution is 2.58. The molecule has 3 atom stereocenters. The molecule has 3 rings (SSSR count). The summed E-state index contributed by atoms with van der Waals surface area (Å²) in [6.07, 6.45) is 2.06. The second-order valence-electron chi connectivity index (χ2n) is 8.65. The molecular weight excluding hydrogens is 560 g/mol. The molecule has 9 nitrogen and oxygen atoms in total. The highest BCUT2D eigenvalue weighted by atomic mass is 32.1. The molecule has 3 aromatic rings. The maximum Gasteiger partial charge on any atom is 0.355 e. The first kappa shape index (κ1) is 31.3. The lowest BCUT2D eigenvalue weighted by Gasteiger charge is -2.26. The fraction of sp³-hybridized carbons (Fsp3) is 0.357. The van der Waals surface area contributed by atoms with Gasteiger partial charge < -0.3 is 23.5 Å². The molecule has 0 saturated carbocycles. The van der Waals surface area contributed by atoms with Gasteiger partial charge in [-0.05, 0) is 54.6 Å². The van der Waals surface area contributed by atoms with Crippen molar-refractivity contribution in [2.24, 2.45) is 0 Å². The van der Waals surface area contributed by atoms with Crippen molar-refractivity contribution in [1.29, 1.82) is 0 Å². The quantitative estimate of drug-likeness (QED) is 0.0868. The number of methoxy groups -OCH3 is 1. The molecular formula is C28H33FNO8PS. The minimum Gasteiger partial charge on any atom is -0.491 e. The van der Waals surface area contributed by atoms with E-state index in [0.29, 0.717) is 33.7 Å². The molecule has 1 aromatic heterocycles. The van der Waals surface area contributed by atoms with Crippen LogP contribution in [0.1, 0.15) is 41.4 Å². The fourth-order valence-corrected chi connectivity index (χ4v) is 6.36. The van der Waals surface area contributed by atoms with Gasteiger partial charge in [0.25, 0.3) is 0 Å². The molecule has 0 aliphatic rings. The molecule has 0 bridgehead atoms. The average molecular weight is 594 g/mol. The Balaban J connectivity index is 1.92. The molecule has 1 N–H and O–H groups in total. The number of hydrogen-bond acceptors (Lipinski definition) is 9. The Kier molecular flexibility index (Phi) is 11.7. The summed E-state index contributed by atoms with van der Waals surface area (Å²) in [4.78, 5) is 25.0. The van der Waals surface area contributed by atoms with E-state index in [0.717, 1.165) is 0 Å². The Morgan fingerprint density at radius 2 is 1.88 bits per heavy atom. The highest BCUT2D eigenvalue weighted by molar-refractivity contribution is 7.57. The lowest BCUT2D eigenvalue weighted by atomic mass is 10.2. The first-order valence-electron chi connectivity index (χ1n) is 12.6. The summed E-state index contributed by atoms with van der Waals surface area (Å²) in [5.74, 6) is -2.91. The van der Waals surface area contributed by atoms with E-state index in [2.05, 4.69) is 11.7 Å². The first-order chi connectivity index (χ1) is 19.2. The van der Waals surface area contributed by atoms with Gasteiger partial charge in [0.2, 0.25) is 5.91 Å². The lowest BCUT2D eigenvalue weighted by Crippen LogP contribution is -2.35. The van der Waals surface area contributed by atoms with Crippen molar-refractivity contribution >= 4 is 40.9 Å². The van der Waals surface area contributed by atoms with Gasteiger partial charge in [-0.3, -0.25) is 9.36 Å². The molecule has 0 radical (unpaired) electrons. The zero-order chi connectivity index (χ0) is 29.1. The van der Waals surface area contributed by atoms with E-state index in [-0.39, 0.29) is 31.1 Å². The van der Waals surface area contributed by atoms with Crippen molar-refractivity contribution in [2.45, 2.75) is 32.2 Å². The van der Waals surface area contributed by atoms with E-state index in [4.69, 9.17) is 23.5 Å². The summed E-state index contributed by atoms with van der Waals surface area (Å²) in [7, 11) is -2.91. The van der Waals surface area contributed by atoms with Gasteiger partial charge in [0.05, 0.1) is 13.2 Å². The molecule has 216 valence electrons. The third-order valence-electron chi connectivity index (χ3n) is 5.43. The van der Waals surface area contributed by atoms with Crippen molar-refractivity contribution in [3.05, 3.63) is 71.6 Å². The number of hydrogen-bond donors (Lipinski definition) is 1. The predicted molar refractivity (Wildman–Crippen MR) is 152 cm³/mol. The van der Waals surface area contributed by atoms with Gasteiger partial charge in [0, 0.05) is 17.9 Å². The van der Waals surface area contributed by atoms with Gasteiger partial charge in [-0.25, -0.2) is 14.3 Å². The fourth-order valence-electron chi connectivity index (χ4n) is 3.52. The molecule has 0 amide bonds. The number of carbonyl (C=O) groups is 2. The lowest BCUT2D eigenvalue weighted by molar-refractivity contribution is -0.145. The van der Waals surface area contributed by atoms with Crippen molar-refractivity contribution in [3.63, 3.8) is 0 Å². The minimum absolute atomic E-state index is 0.0359. The summed E-state index contributed by atoms with van der Waals surface area (Å²) in [5.41, 5.74) is 0.0359. The van der Waals surface area contributed by atoms with Gasteiger partial charge in [0.1, 0.15) is 35.6 Å². The van der Waals surface area contributed by atoms with Gasteiger partial charge >= 0.3 is 19.5 Å². The van der Waals surface area contributed by atoms with Gasteiger partial charge in [-0.15, -0.1) is 11.3 Å². The molecule has 12 heteroatoms. The Labute approximate surface area is 236 Å². The van der Waals surface area contributed by atoms with Gasteiger partial charge in [-0.2, -0.15) is 0 Å². The second kappa shape index (κ2) is 14.9. The third-order valence-corrected chi connectivity index (χ3v) is 8.65. The van der Waals surface area contributed by atoms with Crippen LogP contribution in [0.25, 0.3) is 10.1 Å². The van der Waals surface area contributed by atoms with Crippen LogP contribution in [0.4, 0.5) is 4.39 Å². The largest absolute Gasteiger partial charge is 0.491 e. The number of thiophene rings is 1. The minimum atomic E-state index is -4.45.